The summed E-state index contributed by atoms with van der Waals surface area (Å²) in [5, 5.41) is 11.1. The summed E-state index contributed by atoms with van der Waals surface area (Å²) in [4.78, 5) is 6.74. The van der Waals surface area contributed by atoms with Crippen LogP contribution in [0.25, 0.3) is 0 Å². The third kappa shape index (κ3) is 3.01. The van der Waals surface area contributed by atoms with Crippen molar-refractivity contribution >= 4 is 0 Å². The molecule has 2 aromatic rings. The molecule has 0 aliphatic carbocycles. The molecule has 0 bridgehead atoms. The van der Waals surface area contributed by atoms with Crippen LogP contribution in [0.15, 0.2) is 42.7 Å². The first kappa shape index (κ1) is 14.3. The van der Waals surface area contributed by atoms with Crippen molar-refractivity contribution in [2.75, 3.05) is 13.1 Å². The number of hydrogen-bond acceptors (Lipinski definition) is 3. The Balaban J connectivity index is 1.76. The zero-order valence-electron chi connectivity index (χ0n) is 12.6. The fourth-order valence-corrected chi connectivity index (χ4v) is 3.25. The summed E-state index contributed by atoms with van der Waals surface area (Å²) >= 11 is 0. The molecule has 4 nitrogen and oxygen atoms in total. The highest BCUT2D eigenvalue weighted by Gasteiger charge is 2.38. The van der Waals surface area contributed by atoms with E-state index in [0.29, 0.717) is 6.54 Å². The van der Waals surface area contributed by atoms with Gasteiger partial charge in [0.1, 0.15) is 11.4 Å². The van der Waals surface area contributed by atoms with Gasteiger partial charge in [-0.15, -0.1) is 0 Å². The molecule has 1 aliphatic heterocycles. The second kappa shape index (κ2) is 6.00. The lowest BCUT2D eigenvalue weighted by Gasteiger charge is -2.39. The Kier molecular flexibility index (Phi) is 4.08. The minimum Gasteiger partial charge on any atom is -0.381 e. The van der Waals surface area contributed by atoms with Crippen molar-refractivity contribution in [1.82, 2.24) is 14.5 Å². The number of likely N-dealkylation sites (tertiary alicyclic amines) is 1. The van der Waals surface area contributed by atoms with Crippen molar-refractivity contribution < 1.29 is 5.11 Å². The van der Waals surface area contributed by atoms with E-state index in [1.54, 1.807) is 6.20 Å². The van der Waals surface area contributed by atoms with Crippen molar-refractivity contribution in [1.29, 1.82) is 0 Å². The van der Waals surface area contributed by atoms with Crippen molar-refractivity contribution in [3.8, 4) is 0 Å². The molecule has 21 heavy (non-hydrogen) atoms. The maximum absolute atomic E-state index is 11.1. The largest absolute Gasteiger partial charge is 0.381 e. The van der Waals surface area contributed by atoms with Crippen molar-refractivity contribution in [3.05, 3.63) is 54.1 Å². The molecule has 0 amide bonds. The average molecular weight is 285 g/mol. The van der Waals surface area contributed by atoms with Crippen LogP contribution >= 0.6 is 0 Å². The van der Waals surface area contributed by atoms with Crippen LogP contribution in [0.2, 0.25) is 0 Å². The number of imidazole rings is 1. The highest BCUT2D eigenvalue weighted by atomic mass is 16.3. The van der Waals surface area contributed by atoms with Gasteiger partial charge in [0.05, 0.1) is 0 Å². The van der Waals surface area contributed by atoms with Crippen LogP contribution in [0.4, 0.5) is 0 Å². The topological polar surface area (TPSA) is 41.3 Å². The van der Waals surface area contributed by atoms with Crippen molar-refractivity contribution in [2.45, 2.75) is 38.5 Å². The molecule has 3 rings (SSSR count). The molecule has 1 fully saturated rings. The summed E-state index contributed by atoms with van der Waals surface area (Å²) < 4.78 is 2.05. The normalized spacial score (nSPS) is 23.3. The molecule has 2 heterocycles. The van der Waals surface area contributed by atoms with Gasteiger partial charge in [-0.05, 0) is 31.9 Å². The molecule has 1 atom stereocenters. The van der Waals surface area contributed by atoms with E-state index < -0.39 is 5.60 Å². The summed E-state index contributed by atoms with van der Waals surface area (Å²) in [7, 11) is 0. The van der Waals surface area contributed by atoms with Gasteiger partial charge in [0.25, 0.3) is 0 Å². The molecule has 1 saturated heterocycles. The van der Waals surface area contributed by atoms with Gasteiger partial charge >= 0.3 is 0 Å². The maximum Gasteiger partial charge on any atom is 0.142 e. The number of benzene rings is 1. The quantitative estimate of drug-likeness (QED) is 0.938. The molecule has 1 N–H and O–H groups in total. The number of aliphatic hydroxyl groups is 1. The maximum atomic E-state index is 11.1. The molecule has 1 aromatic heterocycles. The molecule has 1 aliphatic rings. The van der Waals surface area contributed by atoms with Gasteiger partial charge in [0, 0.05) is 32.0 Å². The Hall–Kier alpha value is -1.65. The number of nitrogens with zero attached hydrogens (tertiary/aromatic N) is 3. The molecular weight excluding hydrogens is 262 g/mol. The summed E-state index contributed by atoms with van der Waals surface area (Å²) in [6.07, 6.45) is 5.52. The summed E-state index contributed by atoms with van der Waals surface area (Å²) in [5.74, 6) is 0.808. The third-order valence-corrected chi connectivity index (χ3v) is 4.27. The Labute approximate surface area is 126 Å². The van der Waals surface area contributed by atoms with Gasteiger partial charge in [-0.2, -0.15) is 0 Å². The lowest BCUT2D eigenvalue weighted by atomic mass is 9.91. The predicted octanol–water partition coefficient (Wildman–Crippen LogP) is 2.39. The number of β-amino-alcohol motifs (C(OH)–C–C–N with tert-alkyl or cyclic N) is 1. The molecule has 1 aromatic carbocycles. The molecule has 112 valence electrons. The van der Waals surface area contributed by atoms with E-state index in [4.69, 9.17) is 0 Å². The van der Waals surface area contributed by atoms with Gasteiger partial charge in [0.2, 0.25) is 0 Å². The van der Waals surface area contributed by atoms with Gasteiger partial charge in [-0.3, -0.25) is 4.90 Å². The molecule has 0 saturated carbocycles. The monoisotopic (exact) mass is 285 g/mol. The first-order valence-corrected chi connectivity index (χ1v) is 7.71. The minimum atomic E-state index is -0.827. The highest BCUT2D eigenvalue weighted by Crippen LogP contribution is 2.31. The van der Waals surface area contributed by atoms with E-state index in [2.05, 4.69) is 41.1 Å². The highest BCUT2D eigenvalue weighted by molar-refractivity contribution is 5.15. The van der Waals surface area contributed by atoms with Crippen LogP contribution in [0.1, 0.15) is 31.2 Å². The van der Waals surface area contributed by atoms with Gasteiger partial charge < -0.3 is 9.67 Å². The lowest BCUT2D eigenvalue weighted by molar-refractivity contribution is -0.0470. The van der Waals surface area contributed by atoms with Gasteiger partial charge in [-0.1, -0.05) is 30.3 Å². The van der Waals surface area contributed by atoms with Crippen LogP contribution in [0, 0.1) is 0 Å². The summed E-state index contributed by atoms with van der Waals surface area (Å²) in [6.45, 7) is 5.49. The second-order valence-electron chi connectivity index (χ2n) is 5.87. The van der Waals surface area contributed by atoms with Crippen LogP contribution in [0.3, 0.4) is 0 Å². The Morgan fingerprint density at radius 3 is 2.86 bits per heavy atom. The minimum absolute atomic E-state index is 0.652. The smallest absolute Gasteiger partial charge is 0.142 e. The Morgan fingerprint density at radius 2 is 2.10 bits per heavy atom. The number of piperidine rings is 1. The predicted molar refractivity (Wildman–Crippen MR) is 82.8 cm³/mol. The fraction of sp³-hybridized carbons (Fsp3) is 0.471. The SMILES string of the molecule is CCn1ccnc1C1(O)CCCN(Cc2ccccc2)C1. The van der Waals surface area contributed by atoms with E-state index >= 15 is 0 Å². The standard InChI is InChI=1S/C17H23N3O/c1-2-20-12-10-18-16(20)17(21)9-6-11-19(14-17)13-15-7-4-3-5-8-15/h3-5,7-8,10,12,21H,2,6,9,11,13-14H2,1H3. The van der Waals surface area contributed by atoms with Crippen LogP contribution in [-0.2, 0) is 18.7 Å². The first-order valence-electron chi connectivity index (χ1n) is 7.71. The fourth-order valence-electron chi connectivity index (χ4n) is 3.25. The van der Waals surface area contributed by atoms with E-state index in [0.717, 1.165) is 38.3 Å². The van der Waals surface area contributed by atoms with E-state index in [1.807, 2.05) is 16.8 Å². The van der Waals surface area contributed by atoms with E-state index in [-0.39, 0.29) is 0 Å². The zero-order chi connectivity index (χ0) is 14.7. The lowest BCUT2D eigenvalue weighted by Crippen LogP contribution is -2.47. The molecular formula is C17H23N3O. The number of rotatable bonds is 4. The Morgan fingerprint density at radius 1 is 1.29 bits per heavy atom. The first-order chi connectivity index (χ1) is 10.2. The number of hydrogen-bond donors (Lipinski definition) is 1. The Bertz CT molecular complexity index is 581. The van der Waals surface area contributed by atoms with Crippen LogP contribution in [0.5, 0.6) is 0 Å². The van der Waals surface area contributed by atoms with E-state index in [9.17, 15) is 5.11 Å². The van der Waals surface area contributed by atoms with Crippen molar-refractivity contribution in [3.63, 3.8) is 0 Å². The molecule has 0 radical (unpaired) electrons. The summed E-state index contributed by atoms with van der Waals surface area (Å²) in [6, 6.07) is 10.4. The molecule has 0 spiro atoms. The van der Waals surface area contributed by atoms with Crippen LogP contribution < -0.4 is 0 Å². The van der Waals surface area contributed by atoms with E-state index in [1.165, 1.54) is 5.56 Å². The van der Waals surface area contributed by atoms with Crippen LogP contribution in [-0.4, -0.2) is 32.6 Å². The molecule has 1 unspecified atom stereocenters. The van der Waals surface area contributed by atoms with Gasteiger partial charge in [0.15, 0.2) is 0 Å². The zero-order valence-corrected chi connectivity index (χ0v) is 12.6. The number of aryl methyl sites for hydroxylation is 1. The van der Waals surface area contributed by atoms with Crippen molar-refractivity contribution in [2.24, 2.45) is 0 Å². The number of aromatic nitrogens is 2. The molecule has 4 heteroatoms. The third-order valence-electron chi connectivity index (χ3n) is 4.27. The van der Waals surface area contributed by atoms with Gasteiger partial charge in [-0.25, -0.2) is 4.98 Å². The second-order valence-corrected chi connectivity index (χ2v) is 5.87. The average Bonchev–Trinajstić information content (AvgIpc) is 2.98. The summed E-state index contributed by atoms with van der Waals surface area (Å²) in [5.41, 5.74) is 0.465.